The summed E-state index contributed by atoms with van der Waals surface area (Å²) in [7, 11) is 0. The second-order valence-electron chi connectivity index (χ2n) is 5.49. The van der Waals surface area contributed by atoms with E-state index in [-0.39, 0.29) is 15.2 Å². The number of rotatable bonds is 1. The van der Waals surface area contributed by atoms with Gasteiger partial charge in [0.2, 0.25) is 0 Å². The van der Waals surface area contributed by atoms with Crippen molar-refractivity contribution in [3.63, 3.8) is 0 Å². The van der Waals surface area contributed by atoms with Gasteiger partial charge in [-0.05, 0) is 18.4 Å². The average Bonchev–Trinajstić information content (AvgIpc) is 2.48. The monoisotopic (exact) mass is 302 g/mol. The largest absolute Gasteiger partial charge is 0.297 e. The van der Waals surface area contributed by atoms with E-state index in [9.17, 15) is 5.26 Å². The molecule has 1 N–H and O–H groups in total. The van der Waals surface area contributed by atoms with Crippen LogP contribution in [-0.4, -0.2) is 9.12 Å². The molecule has 0 radical (unpaired) electrons. The van der Waals surface area contributed by atoms with Gasteiger partial charge in [-0.2, -0.15) is 5.26 Å². The fourth-order valence-electron chi connectivity index (χ4n) is 3.06. The van der Waals surface area contributed by atoms with Crippen molar-refractivity contribution in [3.8, 4) is 6.07 Å². The normalized spacial score (nSPS) is 29.1. The molecule has 1 aromatic carbocycles. The first-order chi connectivity index (χ1) is 9.74. The third kappa shape index (κ3) is 2.62. The lowest BCUT2D eigenvalue weighted by atomic mass is 9.99. The summed E-state index contributed by atoms with van der Waals surface area (Å²) in [5, 5.41) is 18.5. The lowest BCUT2D eigenvalue weighted by molar-refractivity contribution is 0.488. The Labute approximate surface area is 128 Å². The molecule has 1 aromatic rings. The molecule has 1 saturated heterocycles. The van der Waals surface area contributed by atoms with Crippen LogP contribution in [0.2, 0.25) is 0 Å². The molecule has 1 aliphatic heterocycles. The van der Waals surface area contributed by atoms with Crippen LogP contribution in [0.5, 0.6) is 0 Å². The molecule has 104 valence electrons. The third-order valence-electron chi connectivity index (χ3n) is 4.11. The van der Waals surface area contributed by atoms with Gasteiger partial charge in [-0.1, -0.05) is 61.4 Å². The van der Waals surface area contributed by atoms with Gasteiger partial charge in [0.15, 0.2) is 0 Å². The van der Waals surface area contributed by atoms with E-state index in [4.69, 9.17) is 5.41 Å². The van der Waals surface area contributed by atoms with Gasteiger partial charge in [0.1, 0.15) is 5.92 Å². The van der Waals surface area contributed by atoms with Crippen molar-refractivity contribution in [1.82, 2.24) is 0 Å². The highest BCUT2D eigenvalue weighted by Gasteiger charge is 2.46. The number of benzene rings is 1. The summed E-state index contributed by atoms with van der Waals surface area (Å²) in [6.45, 7) is 0. The zero-order chi connectivity index (χ0) is 14.0. The zero-order valence-electron chi connectivity index (χ0n) is 11.3. The summed E-state index contributed by atoms with van der Waals surface area (Å²) >= 11 is 3.61. The Morgan fingerprint density at radius 3 is 2.50 bits per heavy atom. The van der Waals surface area contributed by atoms with Crippen LogP contribution in [0.25, 0.3) is 0 Å². The predicted octanol–water partition coefficient (Wildman–Crippen LogP) is 4.99. The van der Waals surface area contributed by atoms with Crippen molar-refractivity contribution in [1.29, 1.82) is 10.7 Å². The van der Waals surface area contributed by atoms with E-state index in [0.29, 0.717) is 5.04 Å². The van der Waals surface area contributed by atoms with Crippen LogP contribution in [-0.2, 0) is 0 Å². The van der Waals surface area contributed by atoms with Crippen molar-refractivity contribution in [3.05, 3.63) is 35.9 Å². The van der Waals surface area contributed by atoms with Crippen LogP contribution < -0.4 is 0 Å². The van der Waals surface area contributed by atoms with E-state index in [2.05, 4.69) is 18.2 Å². The summed E-state index contributed by atoms with van der Waals surface area (Å²) in [6.07, 6.45) is 6.17. The summed E-state index contributed by atoms with van der Waals surface area (Å²) < 4.78 is 0.142. The second-order valence-corrected chi connectivity index (χ2v) is 8.70. The topological polar surface area (TPSA) is 47.6 Å². The fourth-order valence-corrected chi connectivity index (χ4v) is 6.75. The minimum atomic E-state index is -0.292. The quantitative estimate of drug-likeness (QED) is 0.795. The molecule has 20 heavy (non-hydrogen) atoms. The second kappa shape index (κ2) is 5.83. The zero-order valence-corrected chi connectivity index (χ0v) is 13.0. The Morgan fingerprint density at radius 1 is 1.15 bits per heavy atom. The van der Waals surface area contributed by atoms with Crippen molar-refractivity contribution < 1.29 is 0 Å². The Hall–Kier alpha value is -0.920. The van der Waals surface area contributed by atoms with E-state index < -0.39 is 0 Å². The van der Waals surface area contributed by atoms with Crippen LogP contribution in [0, 0.1) is 22.7 Å². The standard InChI is InChI=1S/C16H18N2S2/c17-11-13-14(12-7-3-1-4-8-12)19-16(20-15(13)18)9-5-2-6-10-16/h1,3-4,7-8,13-14,18H,2,5-6,9-10H2. The molecule has 1 heterocycles. The highest BCUT2D eigenvalue weighted by atomic mass is 32.2. The van der Waals surface area contributed by atoms with Gasteiger partial charge in [0, 0.05) is 0 Å². The van der Waals surface area contributed by atoms with Gasteiger partial charge in [-0.3, -0.25) is 5.41 Å². The lowest BCUT2D eigenvalue weighted by Crippen LogP contribution is -2.35. The van der Waals surface area contributed by atoms with Crippen molar-refractivity contribution in [2.45, 2.75) is 41.4 Å². The van der Waals surface area contributed by atoms with E-state index in [0.717, 1.165) is 0 Å². The first-order valence-electron chi connectivity index (χ1n) is 7.14. The molecule has 2 nitrogen and oxygen atoms in total. The molecule has 0 aromatic heterocycles. The highest BCUT2D eigenvalue weighted by Crippen LogP contribution is 2.60. The molecule has 1 saturated carbocycles. The minimum absolute atomic E-state index is 0.119. The molecule has 2 unspecified atom stereocenters. The number of hydrogen-bond acceptors (Lipinski definition) is 4. The Kier molecular flexibility index (Phi) is 4.09. The minimum Gasteiger partial charge on any atom is -0.297 e. The Bertz CT molecular complexity index is 529. The molecular weight excluding hydrogens is 284 g/mol. The van der Waals surface area contributed by atoms with Crippen LogP contribution in [0.1, 0.15) is 42.9 Å². The molecule has 1 aliphatic carbocycles. The van der Waals surface area contributed by atoms with Gasteiger partial charge in [-0.25, -0.2) is 0 Å². The van der Waals surface area contributed by atoms with Crippen LogP contribution in [0.4, 0.5) is 0 Å². The summed E-state index contributed by atoms with van der Waals surface area (Å²) in [5.41, 5.74) is 1.19. The van der Waals surface area contributed by atoms with Gasteiger partial charge in [-0.15, -0.1) is 11.8 Å². The Morgan fingerprint density at radius 2 is 1.85 bits per heavy atom. The first-order valence-corrected chi connectivity index (χ1v) is 8.83. The highest BCUT2D eigenvalue weighted by molar-refractivity contribution is 8.27. The van der Waals surface area contributed by atoms with E-state index in [1.54, 1.807) is 11.8 Å². The van der Waals surface area contributed by atoms with Crippen molar-refractivity contribution in [2.75, 3.05) is 0 Å². The number of nitriles is 1. The van der Waals surface area contributed by atoms with Gasteiger partial charge >= 0.3 is 0 Å². The average molecular weight is 302 g/mol. The maximum Gasteiger partial charge on any atom is 0.110 e. The number of nitrogens with one attached hydrogen (secondary N) is 1. The SMILES string of the molecule is N#CC1C(=N)SC2(CCCCC2)SC1c1ccccc1. The van der Waals surface area contributed by atoms with Crippen LogP contribution in [0.15, 0.2) is 30.3 Å². The predicted molar refractivity (Wildman–Crippen MR) is 87.0 cm³/mol. The van der Waals surface area contributed by atoms with Crippen LogP contribution >= 0.6 is 23.5 Å². The molecule has 2 atom stereocenters. The van der Waals surface area contributed by atoms with Gasteiger partial charge < -0.3 is 0 Å². The molecule has 0 bridgehead atoms. The molecule has 3 rings (SSSR count). The Balaban J connectivity index is 1.92. The summed E-state index contributed by atoms with van der Waals surface area (Å²) in [6, 6.07) is 12.6. The maximum absolute atomic E-state index is 9.46. The third-order valence-corrected chi connectivity index (χ3v) is 7.53. The fraction of sp³-hybridized carbons (Fsp3) is 0.500. The molecule has 2 aliphatic rings. The van der Waals surface area contributed by atoms with Crippen LogP contribution in [0.3, 0.4) is 0 Å². The lowest BCUT2D eigenvalue weighted by Gasteiger charge is -2.44. The number of hydrogen-bond donors (Lipinski definition) is 1. The molecule has 1 spiro atoms. The van der Waals surface area contributed by atoms with E-state index in [1.807, 2.05) is 30.0 Å². The molecular formula is C16H18N2S2. The first kappa shape index (κ1) is 14.0. The molecule has 2 fully saturated rings. The van der Waals surface area contributed by atoms with Gasteiger partial charge in [0.25, 0.3) is 0 Å². The summed E-state index contributed by atoms with van der Waals surface area (Å²) in [4.78, 5) is 0. The van der Waals surface area contributed by atoms with Crippen molar-refractivity contribution in [2.24, 2.45) is 5.92 Å². The maximum atomic E-state index is 9.46. The molecule has 0 amide bonds. The number of thioether (sulfide) groups is 2. The van der Waals surface area contributed by atoms with Crippen molar-refractivity contribution >= 4 is 28.6 Å². The smallest absolute Gasteiger partial charge is 0.110 e. The van der Waals surface area contributed by atoms with E-state index >= 15 is 0 Å². The molecule has 4 heteroatoms. The summed E-state index contributed by atoms with van der Waals surface area (Å²) in [5.74, 6) is -0.292. The van der Waals surface area contributed by atoms with E-state index in [1.165, 1.54) is 37.7 Å². The number of nitrogens with zero attached hydrogens (tertiary/aromatic N) is 1. The van der Waals surface area contributed by atoms with Gasteiger partial charge in [0.05, 0.1) is 20.4 Å².